The minimum absolute atomic E-state index is 0.659. The maximum atomic E-state index is 5.57. The van der Waals surface area contributed by atoms with E-state index in [1.165, 1.54) is 82.1 Å². The molecule has 4 heteroatoms. The molecule has 1 aliphatic heterocycles. The molecule has 1 aliphatic rings. The third kappa shape index (κ3) is 3.92. The third-order valence-corrected chi connectivity index (χ3v) is 12.0. The molecule has 13 rings (SSSR count). The van der Waals surface area contributed by atoms with Crippen LogP contribution in [0, 0.1) is 0 Å². The molecule has 4 nitrogen and oxygen atoms in total. The van der Waals surface area contributed by atoms with E-state index >= 15 is 0 Å². The lowest BCUT2D eigenvalue weighted by atomic mass is 9.94. The van der Waals surface area contributed by atoms with Crippen LogP contribution in [0.4, 0.5) is 0 Å². The van der Waals surface area contributed by atoms with Gasteiger partial charge in [-0.3, -0.25) is 4.57 Å². The SMILES string of the molecule is c1ccc2c(c1)-c1ccccc1-n1c3cc4c5ccccc5n(-c5nc(-c6cc7ccccc7c7ccccc67)c6ccccc6n5)c4cc3c3cccc-2c31. The highest BCUT2D eigenvalue weighted by Crippen LogP contribution is 2.48. The second kappa shape index (κ2) is 11.0. The zero-order valence-corrected chi connectivity index (χ0v) is 30.1. The highest BCUT2D eigenvalue weighted by atomic mass is 15.2. The molecule has 0 N–H and O–H groups in total. The molecular formula is C52H30N4. The van der Waals surface area contributed by atoms with Gasteiger partial charge in [0.25, 0.3) is 0 Å². The monoisotopic (exact) mass is 710 g/mol. The molecule has 9 aromatic carbocycles. The first-order valence-electron chi connectivity index (χ1n) is 19.2. The van der Waals surface area contributed by atoms with E-state index in [1.807, 2.05) is 0 Å². The van der Waals surface area contributed by atoms with Crippen molar-refractivity contribution in [3.63, 3.8) is 0 Å². The largest absolute Gasteiger partial charge is 0.308 e. The normalized spacial score (nSPS) is 12.3. The van der Waals surface area contributed by atoms with Gasteiger partial charge in [-0.05, 0) is 69.1 Å². The molecule has 3 aromatic heterocycles. The summed E-state index contributed by atoms with van der Waals surface area (Å²) in [6, 6.07) is 66.0. The molecule has 258 valence electrons. The molecule has 0 bridgehead atoms. The predicted molar refractivity (Wildman–Crippen MR) is 233 cm³/mol. The average molecular weight is 711 g/mol. The van der Waals surface area contributed by atoms with E-state index in [1.54, 1.807) is 0 Å². The summed E-state index contributed by atoms with van der Waals surface area (Å²) in [6.07, 6.45) is 0. The molecule has 0 aliphatic carbocycles. The highest BCUT2D eigenvalue weighted by molar-refractivity contribution is 6.22. The van der Waals surface area contributed by atoms with Gasteiger partial charge in [-0.1, -0.05) is 146 Å². The average Bonchev–Trinajstić information content (AvgIpc) is 3.72. The summed E-state index contributed by atoms with van der Waals surface area (Å²) in [6.45, 7) is 0. The summed E-state index contributed by atoms with van der Waals surface area (Å²) in [7, 11) is 0. The minimum Gasteiger partial charge on any atom is -0.308 e. The first-order chi connectivity index (χ1) is 27.8. The summed E-state index contributed by atoms with van der Waals surface area (Å²) in [5, 5.41) is 10.6. The summed E-state index contributed by atoms with van der Waals surface area (Å²) < 4.78 is 4.78. The zero-order chi connectivity index (χ0) is 36.5. The lowest BCUT2D eigenvalue weighted by Crippen LogP contribution is -2.03. The Labute approximate surface area is 321 Å². The lowest BCUT2D eigenvalue weighted by Gasteiger charge is -2.15. The summed E-state index contributed by atoms with van der Waals surface area (Å²) in [5.41, 5.74) is 13.7. The first-order valence-corrected chi connectivity index (χ1v) is 19.2. The second-order valence-corrected chi connectivity index (χ2v) is 14.9. The van der Waals surface area contributed by atoms with Gasteiger partial charge in [0.2, 0.25) is 5.95 Å². The van der Waals surface area contributed by atoms with Crippen molar-refractivity contribution >= 4 is 76.1 Å². The molecule has 56 heavy (non-hydrogen) atoms. The van der Waals surface area contributed by atoms with Crippen LogP contribution >= 0.6 is 0 Å². The van der Waals surface area contributed by atoms with Crippen LogP contribution in [-0.2, 0) is 0 Å². The molecule has 0 radical (unpaired) electrons. The van der Waals surface area contributed by atoms with Crippen molar-refractivity contribution in [3.8, 4) is 45.1 Å². The van der Waals surface area contributed by atoms with Crippen LogP contribution in [0.3, 0.4) is 0 Å². The predicted octanol–water partition coefficient (Wildman–Crippen LogP) is 13.4. The van der Waals surface area contributed by atoms with Gasteiger partial charge in [-0.2, -0.15) is 0 Å². The Kier molecular flexibility index (Phi) is 5.86. The molecule has 4 heterocycles. The maximum absolute atomic E-state index is 5.57. The van der Waals surface area contributed by atoms with Gasteiger partial charge < -0.3 is 4.57 Å². The molecular weight excluding hydrogens is 681 g/mol. The topological polar surface area (TPSA) is 35.6 Å². The number of hydrogen-bond acceptors (Lipinski definition) is 2. The van der Waals surface area contributed by atoms with Crippen LogP contribution in [0.5, 0.6) is 0 Å². The van der Waals surface area contributed by atoms with Crippen molar-refractivity contribution in [1.29, 1.82) is 0 Å². The Morgan fingerprint density at radius 3 is 1.77 bits per heavy atom. The standard InChI is InChI=1S/C52H30N4/c1-2-15-32-31(14-1)28-44(36-19-6-3-16-33(32)36)50-41-22-7-10-25-45(41)53-52(54-50)56-47-27-12-9-21-38(47)42-29-48-43(30-49(42)56)40-24-13-23-39-35-18-5-4-17-34(35)37-20-8-11-26-46(37)55(48)51(39)40/h1-30H. The fraction of sp³-hybridized carbons (Fsp3) is 0. The highest BCUT2D eigenvalue weighted by Gasteiger charge is 2.26. The van der Waals surface area contributed by atoms with Crippen molar-refractivity contribution in [2.24, 2.45) is 0 Å². The van der Waals surface area contributed by atoms with Gasteiger partial charge in [0, 0.05) is 43.6 Å². The molecule has 0 saturated carbocycles. The van der Waals surface area contributed by atoms with Crippen molar-refractivity contribution < 1.29 is 0 Å². The van der Waals surface area contributed by atoms with Gasteiger partial charge in [-0.25, -0.2) is 9.97 Å². The summed E-state index contributed by atoms with van der Waals surface area (Å²) in [4.78, 5) is 10.9. The second-order valence-electron chi connectivity index (χ2n) is 14.9. The van der Waals surface area contributed by atoms with Gasteiger partial charge in [0.15, 0.2) is 0 Å². The van der Waals surface area contributed by atoms with Crippen molar-refractivity contribution in [2.45, 2.75) is 0 Å². The van der Waals surface area contributed by atoms with Crippen LogP contribution in [0.2, 0.25) is 0 Å². The quantitative estimate of drug-likeness (QED) is 0.167. The minimum atomic E-state index is 0.659. The summed E-state index contributed by atoms with van der Waals surface area (Å²) in [5.74, 6) is 0.659. The molecule has 0 fully saturated rings. The van der Waals surface area contributed by atoms with E-state index in [4.69, 9.17) is 9.97 Å². The van der Waals surface area contributed by atoms with E-state index in [9.17, 15) is 0 Å². The van der Waals surface area contributed by atoms with E-state index < -0.39 is 0 Å². The maximum Gasteiger partial charge on any atom is 0.235 e. The summed E-state index contributed by atoms with van der Waals surface area (Å²) >= 11 is 0. The lowest BCUT2D eigenvalue weighted by molar-refractivity contribution is 1.01. The van der Waals surface area contributed by atoms with Crippen LogP contribution in [0.1, 0.15) is 0 Å². The molecule has 0 atom stereocenters. The van der Waals surface area contributed by atoms with E-state index in [0.29, 0.717) is 5.95 Å². The fourth-order valence-corrected chi connectivity index (χ4v) is 9.68. The Bertz CT molecular complexity index is 3660. The number of nitrogens with zero attached hydrogens (tertiary/aromatic N) is 4. The number of benzene rings is 9. The molecule has 0 unspecified atom stereocenters. The number of hydrogen-bond donors (Lipinski definition) is 0. The number of aromatic nitrogens is 4. The Balaban J connectivity index is 1.16. The number of rotatable bonds is 2. The number of para-hydroxylation sites is 4. The molecule has 0 spiro atoms. The van der Waals surface area contributed by atoms with Crippen LogP contribution in [0.25, 0.3) is 121 Å². The van der Waals surface area contributed by atoms with Crippen molar-refractivity contribution in [2.75, 3.05) is 0 Å². The Morgan fingerprint density at radius 2 is 0.911 bits per heavy atom. The van der Waals surface area contributed by atoms with Gasteiger partial charge >= 0.3 is 0 Å². The first kappa shape index (κ1) is 29.8. The molecule has 0 saturated heterocycles. The van der Waals surface area contributed by atoms with Crippen molar-refractivity contribution in [3.05, 3.63) is 182 Å². The van der Waals surface area contributed by atoms with Crippen LogP contribution in [0.15, 0.2) is 182 Å². The Hall–Kier alpha value is -7.56. The van der Waals surface area contributed by atoms with Gasteiger partial charge in [0.05, 0.1) is 39.0 Å². The van der Waals surface area contributed by atoms with Crippen molar-refractivity contribution in [1.82, 2.24) is 19.1 Å². The smallest absolute Gasteiger partial charge is 0.235 e. The van der Waals surface area contributed by atoms with Crippen LogP contribution < -0.4 is 0 Å². The molecule has 12 aromatic rings. The van der Waals surface area contributed by atoms with E-state index in [0.717, 1.165) is 33.2 Å². The number of fused-ring (bicyclic) bond motifs is 15. The zero-order valence-electron chi connectivity index (χ0n) is 30.1. The third-order valence-electron chi connectivity index (χ3n) is 12.0. The fourth-order valence-electron chi connectivity index (χ4n) is 9.68. The van der Waals surface area contributed by atoms with Crippen LogP contribution in [-0.4, -0.2) is 19.1 Å². The van der Waals surface area contributed by atoms with E-state index in [2.05, 4.69) is 191 Å². The van der Waals surface area contributed by atoms with Gasteiger partial charge in [-0.15, -0.1) is 0 Å². The van der Waals surface area contributed by atoms with E-state index in [-0.39, 0.29) is 0 Å². The van der Waals surface area contributed by atoms with Gasteiger partial charge in [0.1, 0.15) is 0 Å². The Morgan fingerprint density at radius 1 is 0.321 bits per heavy atom. The molecule has 0 amide bonds.